The van der Waals surface area contributed by atoms with E-state index in [1.165, 1.54) is 6.07 Å². The maximum Gasteiger partial charge on any atom is 0.339 e. The van der Waals surface area contributed by atoms with Crippen LogP contribution >= 0.6 is 0 Å². The Kier molecular flexibility index (Phi) is 2.78. The molecule has 0 aliphatic carbocycles. The first-order valence-corrected chi connectivity index (χ1v) is 5.15. The number of hydrogen-bond acceptors (Lipinski definition) is 3. The molecule has 0 aliphatic rings. The maximum atomic E-state index is 10.8. The fraction of sp³-hybridized carbons (Fsp3) is 0.0769. The molecule has 0 amide bonds. The van der Waals surface area contributed by atoms with Gasteiger partial charge in [-0.05, 0) is 19.1 Å². The predicted molar refractivity (Wildman–Crippen MR) is 65.8 cm³/mol. The highest BCUT2D eigenvalue weighted by molar-refractivity contribution is 5.93. The van der Waals surface area contributed by atoms with E-state index < -0.39 is 5.97 Å². The molecule has 0 atom stereocenters. The van der Waals surface area contributed by atoms with E-state index >= 15 is 0 Å². The van der Waals surface area contributed by atoms with Crippen molar-refractivity contribution in [2.24, 2.45) is 0 Å². The van der Waals surface area contributed by atoms with Crippen molar-refractivity contribution >= 4 is 11.8 Å². The Labute approximate surface area is 98.7 Å². The van der Waals surface area contributed by atoms with Crippen LogP contribution < -0.4 is 5.73 Å². The van der Waals surface area contributed by atoms with E-state index in [2.05, 4.69) is 4.98 Å². The topological polar surface area (TPSA) is 76.2 Å². The summed E-state index contributed by atoms with van der Waals surface area (Å²) in [4.78, 5) is 14.9. The highest BCUT2D eigenvalue weighted by Crippen LogP contribution is 2.20. The molecule has 0 saturated carbocycles. The molecular formula is C13H12N2O2. The minimum absolute atomic E-state index is 0.0286. The van der Waals surface area contributed by atoms with Crippen molar-refractivity contribution in [1.82, 2.24) is 4.98 Å². The second-order valence-corrected chi connectivity index (χ2v) is 3.80. The normalized spacial score (nSPS) is 10.2. The van der Waals surface area contributed by atoms with Gasteiger partial charge in [0.2, 0.25) is 0 Å². The molecule has 0 unspecified atom stereocenters. The number of rotatable bonds is 2. The third-order valence-electron chi connectivity index (χ3n) is 2.50. The maximum absolute atomic E-state index is 10.8. The van der Waals surface area contributed by atoms with Crippen LogP contribution in [-0.2, 0) is 0 Å². The van der Waals surface area contributed by atoms with Crippen LogP contribution in [0.3, 0.4) is 0 Å². The summed E-state index contributed by atoms with van der Waals surface area (Å²) in [5, 5.41) is 8.84. The number of carboxylic acid groups (broad SMARTS) is 1. The highest BCUT2D eigenvalue weighted by atomic mass is 16.4. The van der Waals surface area contributed by atoms with Gasteiger partial charge in [-0.15, -0.1) is 0 Å². The molecule has 1 aromatic heterocycles. The van der Waals surface area contributed by atoms with Gasteiger partial charge in [-0.1, -0.05) is 29.8 Å². The zero-order valence-corrected chi connectivity index (χ0v) is 9.34. The molecule has 0 fully saturated rings. The Hall–Kier alpha value is -2.36. The molecule has 86 valence electrons. The fourth-order valence-electron chi connectivity index (χ4n) is 1.54. The Morgan fingerprint density at radius 2 is 1.82 bits per heavy atom. The number of carbonyl (C=O) groups is 1. The standard InChI is InChI=1S/C13H12N2O2/c1-8-2-4-9(5-3-8)11-7-6-10(13(16)17)12(14)15-11/h2-7H,1H3,(H2,14,15)(H,16,17). The Balaban J connectivity index is 2.44. The van der Waals surface area contributed by atoms with E-state index in [1.807, 2.05) is 31.2 Å². The minimum atomic E-state index is -1.06. The number of aryl methyl sites for hydroxylation is 1. The Morgan fingerprint density at radius 3 is 2.35 bits per heavy atom. The van der Waals surface area contributed by atoms with Crippen LogP contribution in [0, 0.1) is 6.92 Å². The molecule has 0 aliphatic heterocycles. The first-order chi connectivity index (χ1) is 8.08. The number of hydrogen-bond donors (Lipinski definition) is 2. The summed E-state index contributed by atoms with van der Waals surface area (Å²) >= 11 is 0. The quantitative estimate of drug-likeness (QED) is 0.827. The van der Waals surface area contributed by atoms with Crippen LogP contribution in [0.5, 0.6) is 0 Å². The molecule has 3 N–H and O–H groups in total. The molecule has 0 radical (unpaired) electrons. The number of aromatic carboxylic acids is 1. The van der Waals surface area contributed by atoms with Crippen LogP contribution in [0.25, 0.3) is 11.3 Å². The summed E-state index contributed by atoms with van der Waals surface area (Å²) in [6, 6.07) is 10.9. The summed E-state index contributed by atoms with van der Waals surface area (Å²) in [5.41, 5.74) is 8.37. The van der Waals surface area contributed by atoms with Gasteiger partial charge in [0.25, 0.3) is 0 Å². The SMILES string of the molecule is Cc1ccc(-c2ccc(C(=O)O)c(N)n2)cc1. The zero-order valence-electron chi connectivity index (χ0n) is 9.34. The number of nitrogens with zero attached hydrogens (tertiary/aromatic N) is 1. The van der Waals surface area contributed by atoms with E-state index in [0.717, 1.165) is 11.1 Å². The fourth-order valence-corrected chi connectivity index (χ4v) is 1.54. The second-order valence-electron chi connectivity index (χ2n) is 3.80. The van der Waals surface area contributed by atoms with E-state index in [1.54, 1.807) is 6.07 Å². The van der Waals surface area contributed by atoms with Crippen LogP contribution in [0.1, 0.15) is 15.9 Å². The summed E-state index contributed by atoms with van der Waals surface area (Å²) in [6.07, 6.45) is 0. The smallest absolute Gasteiger partial charge is 0.339 e. The van der Waals surface area contributed by atoms with Crippen LogP contribution in [0.15, 0.2) is 36.4 Å². The number of benzene rings is 1. The largest absolute Gasteiger partial charge is 0.478 e. The molecule has 0 bridgehead atoms. The number of carboxylic acids is 1. The van der Waals surface area contributed by atoms with Gasteiger partial charge in [0.15, 0.2) is 0 Å². The molecule has 1 heterocycles. The minimum Gasteiger partial charge on any atom is -0.478 e. The summed E-state index contributed by atoms with van der Waals surface area (Å²) in [6.45, 7) is 2.00. The van der Waals surface area contributed by atoms with Crippen LogP contribution in [0.4, 0.5) is 5.82 Å². The average molecular weight is 228 g/mol. The molecule has 0 saturated heterocycles. The lowest BCUT2D eigenvalue weighted by molar-refractivity contribution is 0.0697. The van der Waals surface area contributed by atoms with Gasteiger partial charge >= 0.3 is 5.97 Å². The van der Waals surface area contributed by atoms with E-state index in [0.29, 0.717) is 5.69 Å². The lowest BCUT2D eigenvalue weighted by atomic mass is 10.1. The Bertz CT molecular complexity index is 562. The summed E-state index contributed by atoms with van der Waals surface area (Å²) in [7, 11) is 0. The van der Waals surface area contributed by atoms with Gasteiger partial charge in [0.05, 0.1) is 5.69 Å². The van der Waals surface area contributed by atoms with Crippen molar-refractivity contribution in [2.45, 2.75) is 6.92 Å². The van der Waals surface area contributed by atoms with E-state index in [9.17, 15) is 4.79 Å². The molecule has 2 rings (SSSR count). The van der Waals surface area contributed by atoms with Crippen molar-refractivity contribution in [2.75, 3.05) is 5.73 Å². The third-order valence-corrected chi connectivity index (χ3v) is 2.50. The average Bonchev–Trinajstić information content (AvgIpc) is 2.29. The first-order valence-electron chi connectivity index (χ1n) is 5.15. The van der Waals surface area contributed by atoms with Crippen molar-refractivity contribution in [1.29, 1.82) is 0 Å². The van der Waals surface area contributed by atoms with Crippen LogP contribution in [0.2, 0.25) is 0 Å². The molecular weight excluding hydrogens is 216 g/mol. The van der Waals surface area contributed by atoms with Crippen molar-refractivity contribution < 1.29 is 9.90 Å². The second kappa shape index (κ2) is 4.25. The molecule has 4 heteroatoms. The lowest BCUT2D eigenvalue weighted by Gasteiger charge is -2.04. The van der Waals surface area contributed by atoms with Gasteiger partial charge < -0.3 is 10.8 Å². The number of pyridine rings is 1. The van der Waals surface area contributed by atoms with E-state index in [-0.39, 0.29) is 11.4 Å². The summed E-state index contributed by atoms with van der Waals surface area (Å²) in [5.74, 6) is -1.03. The number of anilines is 1. The number of aromatic nitrogens is 1. The lowest BCUT2D eigenvalue weighted by Crippen LogP contribution is -2.04. The predicted octanol–water partition coefficient (Wildman–Crippen LogP) is 2.34. The van der Waals surface area contributed by atoms with Crippen molar-refractivity contribution in [3.8, 4) is 11.3 Å². The molecule has 1 aromatic carbocycles. The van der Waals surface area contributed by atoms with Crippen LogP contribution in [-0.4, -0.2) is 16.1 Å². The number of nitrogen functional groups attached to an aromatic ring is 1. The van der Waals surface area contributed by atoms with Gasteiger partial charge in [0, 0.05) is 5.56 Å². The van der Waals surface area contributed by atoms with Gasteiger partial charge in [0.1, 0.15) is 11.4 Å². The molecule has 17 heavy (non-hydrogen) atoms. The molecule has 4 nitrogen and oxygen atoms in total. The monoisotopic (exact) mass is 228 g/mol. The van der Waals surface area contributed by atoms with Crippen molar-refractivity contribution in [3.63, 3.8) is 0 Å². The number of nitrogens with two attached hydrogens (primary N) is 1. The van der Waals surface area contributed by atoms with Gasteiger partial charge in [-0.3, -0.25) is 0 Å². The first kappa shape index (κ1) is 11.1. The van der Waals surface area contributed by atoms with Gasteiger partial charge in [-0.2, -0.15) is 0 Å². The molecule has 2 aromatic rings. The Morgan fingerprint density at radius 1 is 1.18 bits per heavy atom. The van der Waals surface area contributed by atoms with Gasteiger partial charge in [-0.25, -0.2) is 9.78 Å². The third kappa shape index (κ3) is 2.25. The van der Waals surface area contributed by atoms with Crippen molar-refractivity contribution in [3.05, 3.63) is 47.5 Å². The molecule has 0 spiro atoms. The highest BCUT2D eigenvalue weighted by Gasteiger charge is 2.10. The summed E-state index contributed by atoms with van der Waals surface area (Å²) < 4.78 is 0. The zero-order chi connectivity index (χ0) is 12.4. The van der Waals surface area contributed by atoms with E-state index in [4.69, 9.17) is 10.8 Å².